The third-order valence-corrected chi connectivity index (χ3v) is 7.82. The van der Waals surface area contributed by atoms with E-state index in [1.165, 1.54) is 6.42 Å². The molecule has 3 aromatic rings. The van der Waals surface area contributed by atoms with Crippen molar-refractivity contribution in [2.75, 3.05) is 20.8 Å². The van der Waals surface area contributed by atoms with Crippen LogP contribution < -0.4 is 14.8 Å². The van der Waals surface area contributed by atoms with Crippen molar-refractivity contribution < 1.29 is 19.1 Å². The van der Waals surface area contributed by atoms with Crippen LogP contribution in [0.3, 0.4) is 0 Å². The van der Waals surface area contributed by atoms with E-state index in [-0.39, 0.29) is 24.3 Å². The number of benzene rings is 2. The van der Waals surface area contributed by atoms with Crippen molar-refractivity contribution in [2.24, 2.45) is 0 Å². The zero-order chi connectivity index (χ0) is 26.0. The topological polar surface area (TPSA) is 67.9 Å². The molecule has 7 heteroatoms. The summed E-state index contributed by atoms with van der Waals surface area (Å²) in [4.78, 5) is 30.5. The number of carbonyl (C=O) groups excluding carboxylic acids is 2. The van der Waals surface area contributed by atoms with E-state index < -0.39 is 6.04 Å². The summed E-state index contributed by atoms with van der Waals surface area (Å²) in [6.45, 7) is 0.422. The first-order valence-electron chi connectivity index (χ1n) is 13.0. The Hall–Kier alpha value is -3.32. The molecule has 1 fully saturated rings. The van der Waals surface area contributed by atoms with Gasteiger partial charge in [-0.2, -0.15) is 0 Å². The summed E-state index contributed by atoms with van der Waals surface area (Å²) in [6, 6.07) is 18.8. The maximum atomic E-state index is 14.0. The van der Waals surface area contributed by atoms with Gasteiger partial charge in [-0.1, -0.05) is 61.7 Å². The number of nitrogens with zero attached hydrogens (tertiary/aromatic N) is 1. The Morgan fingerprint density at radius 1 is 0.973 bits per heavy atom. The Bertz CT molecular complexity index is 1140. The molecule has 2 aromatic carbocycles. The molecule has 1 saturated carbocycles. The monoisotopic (exact) mass is 520 g/mol. The van der Waals surface area contributed by atoms with Crippen LogP contribution in [0.25, 0.3) is 0 Å². The lowest BCUT2D eigenvalue weighted by Gasteiger charge is -2.34. The van der Waals surface area contributed by atoms with Gasteiger partial charge in [-0.3, -0.25) is 9.59 Å². The van der Waals surface area contributed by atoms with E-state index in [0.717, 1.165) is 36.1 Å². The summed E-state index contributed by atoms with van der Waals surface area (Å²) >= 11 is 1.55. The number of nitrogens with one attached hydrogen (secondary N) is 1. The van der Waals surface area contributed by atoms with Crippen LogP contribution in [0.5, 0.6) is 11.5 Å². The lowest BCUT2D eigenvalue weighted by molar-refractivity contribution is -0.140. The Morgan fingerprint density at radius 3 is 2.41 bits per heavy atom. The molecule has 0 unspecified atom stereocenters. The number of rotatable bonds is 11. The summed E-state index contributed by atoms with van der Waals surface area (Å²) in [5.74, 6) is 0.895. The highest BCUT2D eigenvalue weighted by molar-refractivity contribution is 7.10. The molecule has 1 atom stereocenters. The maximum absolute atomic E-state index is 14.0. The number of methoxy groups -OCH3 is 2. The van der Waals surface area contributed by atoms with E-state index in [1.807, 2.05) is 47.8 Å². The fraction of sp³-hybridized carbons (Fsp3) is 0.400. The SMILES string of the molecule is COc1ccc([C@H](C(=O)NC2CCCCC2)N(CCc2ccccc2)C(=O)Cc2cccs2)cc1OC. The van der Waals surface area contributed by atoms with Crippen LogP contribution in [0, 0.1) is 0 Å². The minimum atomic E-state index is -0.780. The highest BCUT2D eigenvalue weighted by atomic mass is 32.1. The van der Waals surface area contributed by atoms with Crippen LogP contribution in [-0.2, 0) is 22.4 Å². The molecule has 4 rings (SSSR count). The molecule has 0 bridgehead atoms. The van der Waals surface area contributed by atoms with Crippen LogP contribution in [0.15, 0.2) is 66.0 Å². The minimum Gasteiger partial charge on any atom is -0.493 e. The molecule has 0 saturated heterocycles. The van der Waals surface area contributed by atoms with Crippen molar-refractivity contribution in [3.63, 3.8) is 0 Å². The molecule has 1 aliphatic carbocycles. The van der Waals surface area contributed by atoms with E-state index in [1.54, 1.807) is 36.5 Å². The molecule has 1 heterocycles. The average Bonchev–Trinajstić information content (AvgIpc) is 3.44. The summed E-state index contributed by atoms with van der Waals surface area (Å²) in [5.41, 5.74) is 1.83. The molecule has 1 N–H and O–H groups in total. The van der Waals surface area contributed by atoms with Gasteiger partial charge in [0.1, 0.15) is 6.04 Å². The quantitative estimate of drug-likeness (QED) is 0.359. The summed E-state index contributed by atoms with van der Waals surface area (Å²) in [7, 11) is 3.16. The molecule has 1 aliphatic rings. The van der Waals surface area contributed by atoms with Crippen molar-refractivity contribution in [3.05, 3.63) is 82.0 Å². The van der Waals surface area contributed by atoms with E-state index in [4.69, 9.17) is 9.47 Å². The molecule has 0 aliphatic heterocycles. The van der Waals surface area contributed by atoms with Crippen molar-refractivity contribution in [1.82, 2.24) is 10.2 Å². The first-order valence-corrected chi connectivity index (χ1v) is 13.8. The van der Waals surface area contributed by atoms with Gasteiger partial charge in [-0.05, 0) is 54.0 Å². The highest BCUT2D eigenvalue weighted by Gasteiger charge is 2.33. The number of thiophene rings is 1. The van der Waals surface area contributed by atoms with Crippen molar-refractivity contribution in [3.8, 4) is 11.5 Å². The second-order valence-corrected chi connectivity index (χ2v) is 10.5. The van der Waals surface area contributed by atoms with E-state index in [0.29, 0.717) is 30.0 Å². The van der Waals surface area contributed by atoms with Crippen LogP contribution in [0.2, 0.25) is 0 Å². The smallest absolute Gasteiger partial charge is 0.247 e. The molecule has 2 amide bonds. The molecule has 1 aromatic heterocycles. The first kappa shape index (κ1) is 26.7. The van der Waals surface area contributed by atoms with E-state index >= 15 is 0 Å². The second kappa shape index (κ2) is 13.3. The Kier molecular flexibility index (Phi) is 9.60. The zero-order valence-corrected chi connectivity index (χ0v) is 22.5. The molecule has 0 spiro atoms. The fourth-order valence-electron chi connectivity index (χ4n) is 4.98. The lowest BCUT2D eigenvalue weighted by atomic mass is 9.94. The van der Waals surface area contributed by atoms with Crippen LogP contribution in [-0.4, -0.2) is 43.5 Å². The van der Waals surface area contributed by atoms with Gasteiger partial charge in [-0.15, -0.1) is 11.3 Å². The van der Waals surface area contributed by atoms with Crippen molar-refractivity contribution >= 4 is 23.2 Å². The van der Waals surface area contributed by atoms with Gasteiger partial charge in [0.05, 0.1) is 20.6 Å². The fourth-order valence-corrected chi connectivity index (χ4v) is 5.67. The summed E-state index contributed by atoms with van der Waals surface area (Å²) in [5, 5.41) is 5.24. The Balaban J connectivity index is 1.69. The normalized spacial score (nSPS) is 14.5. The van der Waals surface area contributed by atoms with Crippen LogP contribution in [0.4, 0.5) is 0 Å². The number of amides is 2. The van der Waals surface area contributed by atoms with Gasteiger partial charge in [0.2, 0.25) is 11.8 Å². The van der Waals surface area contributed by atoms with E-state index in [9.17, 15) is 9.59 Å². The predicted molar refractivity (Wildman–Crippen MR) is 147 cm³/mol. The van der Waals surface area contributed by atoms with E-state index in [2.05, 4.69) is 17.4 Å². The molecule has 6 nitrogen and oxygen atoms in total. The Labute approximate surface area is 223 Å². The van der Waals surface area contributed by atoms with Gasteiger partial charge < -0.3 is 19.7 Å². The molecule has 37 heavy (non-hydrogen) atoms. The maximum Gasteiger partial charge on any atom is 0.247 e. The summed E-state index contributed by atoms with van der Waals surface area (Å²) < 4.78 is 11.0. The van der Waals surface area contributed by atoms with Gasteiger partial charge in [-0.25, -0.2) is 0 Å². The Morgan fingerprint density at radius 2 is 1.73 bits per heavy atom. The van der Waals surface area contributed by atoms with Crippen LogP contribution >= 0.6 is 11.3 Å². The highest BCUT2D eigenvalue weighted by Crippen LogP contribution is 2.33. The average molecular weight is 521 g/mol. The third kappa shape index (κ3) is 7.13. The molecule has 196 valence electrons. The van der Waals surface area contributed by atoms with Crippen molar-refractivity contribution in [1.29, 1.82) is 0 Å². The van der Waals surface area contributed by atoms with Crippen molar-refractivity contribution in [2.45, 2.75) is 57.0 Å². The molecular formula is C30H36N2O4S. The first-order chi connectivity index (χ1) is 18.1. The molecular weight excluding hydrogens is 484 g/mol. The van der Waals surface area contributed by atoms with Gasteiger partial charge in [0.15, 0.2) is 11.5 Å². The number of hydrogen-bond acceptors (Lipinski definition) is 5. The van der Waals surface area contributed by atoms with Gasteiger partial charge >= 0.3 is 0 Å². The third-order valence-electron chi connectivity index (χ3n) is 6.95. The standard InChI is InChI=1S/C30H36N2O4S/c1-35-26-16-15-23(20-27(26)36-2)29(30(34)31-24-12-7-4-8-13-24)32(18-17-22-10-5-3-6-11-22)28(33)21-25-14-9-19-37-25/h3,5-6,9-11,14-16,19-20,24,29H,4,7-8,12-13,17-18,21H2,1-2H3,(H,31,34)/t29-/m1/s1. The minimum absolute atomic E-state index is 0.0723. The predicted octanol–water partition coefficient (Wildman–Crippen LogP) is 5.57. The molecule has 0 radical (unpaired) electrons. The second-order valence-electron chi connectivity index (χ2n) is 9.44. The van der Waals surface area contributed by atoms with Gasteiger partial charge in [0, 0.05) is 17.5 Å². The summed E-state index contributed by atoms with van der Waals surface area (Å²) in [6.07, 6.45) is 6.27. The zero-order valence-electron chi connectivity index (χ0n) is 21.7. The van der Waals surface area contributed by atoms with Crippen LogP contribution in [0.1, 0.15) is 54.1 Å². The number of carbonyl (C=O) groups is 2. The number of hydrogen-bond donors (Lipinski definition) is 1. The number of ether oxygens (including phenoxy) is 2. The lowest BCUT2D eigenvalue weighted by Crippen LogP contribution is -2.48. The van der Waals surface area contributed by atoms with Gasteiger partial charge in [0.25, 0.3) is 0 Å². The largest absolute Gasteiger partial charge is 0.493 e.